The summed E-state index contributed by atoms with van der Waals surface area (Å²) in [5.74, 6) is 0.148. The quantitative estimate of drug-likeness (QED) is 0.703. The number of carbonyl (C=O) groups excluding carboxylic acids is 1. The van der Waals surface area contributed by atoms with Crippen LogP contribution in [0.1, 0.15) is 27.7 Å². The molecule has 1 rings (SSSR count). The van der Waals surface area contributed by atoms with Crippen LogP contribution in [0, 0.1) is 5.92 Å². The highest BCUT2D eigenvalue weighted by Gasteiger charge is 2.29. The molecule has 0 aromatic carbocycles. The lowest BCUT2D eigenvalue weighted by atomic mass is 9.98. The number of ether oxygens (including phenoxy) is 2. The lowest BCUT2D eigenvalue weighted by molar-refractivity contribution is -0.117. The van der Waals surface area contributed by atoms with Crippen molar-refractivity contribution in [3.8, 4) is 0 Å². The number of hydrogen-bond acceptors (Lipinski definition) is 4. The van der Waals surface area contributed by atoms with Gasteiger partial charge in [-0.1, -0.05) is 13.8 Å². The molecule has 0 N–H and O–H groups in total. The van der Waals surface area contributed by atoms with E-state index in [0.29, 0.717) is 13.2 Å². The highest BCUT2D eigenvalue weighted by Crippen LogP contribution is 2.25. The van der Waals surface area contributed by atoms with E-state index in [1.54, 1.807) is 13.2 Å². The van der Waals surface area contributed by atoms with Gasteiger partial charge in [-0.05, 0) is 13.8 Å². The molecule has 0 atom stereocenters. The lowest BCUT2D eigenvalue weighted by Gasteiger charge is -2.38. The molecule has 1 aliphatic rings. The van der Waals surface area contributed by atoms with Crippen LogP contribution >= 0.6 is 0 Å². The zero-order valence-corrected chi connectivity index (χ0v) is 12.2. The normalized spacial score (nSPS) is 18.3. The highest BCUT2D eigenvalue weighted by molar-refractivity contribution is 5.92. The molecule has 0 spiro atoms. The Morgan fingerprint density at radius 2 is 1.89 bits per heavy atom. The summed E-state index contributed by atoms with van der Waals surface area (Å²) in [4.78, 5) is 14.2. The molecule has 0 saturated carbocycles. The molecule has 0 radical (unpaired) electrons. The molecule has 18 heavy (non-hydrogen) atoms. The third-order valence-corrected chi connectivity index (χ3v) is 3.33. The Morgan fingerprint density at radius 3 is 2.33 bits per heavy atom. The Hall–Kier alpha value is -0.870. The van der Waals surface area contributed by atoms with Crippen molar-refractivity contribution in [3.05, 3.63) is 11.8 Å². The van der Waals surface area contributed by atoms with E-state index in [4.69, 9.17) is 9.47 Å². The molecule has 1 saturated heterocycles. The summed E-state index contributed by atoms with van der Waals surface area (Å²) in [6.45, 7) is 10.8. The summed E-state index contributed by atoms with van der Waals surface area (Å²) in [6.07, 6.45) is 1.74. The topological polar surface area (TPSA) is 38.8 Å². The Morgan fingerprint density at radius 1 is 1.33 bits per heavy atom. The molecule has 0 unspecified atom stereocenters. The van der Waals surface area contributed by atoms with E-state index in [-0.39, 0.29) is 11.7 Å². The number of nitrogens with zero attached hydrogens (tertiary/aromatic N) is 1. The minimum absolute atomic E-state index is 0.00805. The van der Waals surface area contributed by atoms with Crippen molar-refractivity contribution in [2.45, 2.75) is 33.3 Å². The van der Waals surface area contributed by atoms with Gasteiger partial charge in [-0.3, -0.25) is 4.79 Å². The summed E-state index contributed by atoms with van der Waals surface area (Å²) >= 11 is 0. The second-order valence-electron chi connectivity index (χ2n) is 5.40. The number of ketones is 1. The van der Waals surface area contributed by atoms with Crippen LogP contribution in [0.4, 0.5) is 0 Å². The van der Waals surface area contributed by atoms with Crippen molar-refractivity contribution < 1.29 is 14.3 Å². The van der Waals surface area contributed by atoms with E-state index in [1.165, 1.54) is 0 Å². The van der Waals surface area contributed by atoms with Crippen LogP contribution in [-0.4, -0.2) is 49.7 Å². The third kappa shape index (κ3) is 3.82. The molecule has 0 aliphatic carbocycles. The maximum atomic E-state index is 12.0. The molecule has 1 heterocycles. The molecule has 4 nitrogen and oxygen atoms in total. The third-order valence-electron chi connectivity index (χ3n) is 3.33. The molecular formula is C14H25NO3. The zero-order valence-electron chi connectivity index (χ0n) is 12.2. The summed E-state index contributed by atoms with van der Waals surface area (Å²) in [5, 5.41) is 0. The molecule has 0 bridgehead atoms. The Balaban J connectivity index is 2.97. The van der Waals surface area contributed by atoms with Crippen LogP contribution in [0.25, 0.3) is 0 Å². The van der Waals surface area contributed by atoms with Gasteiger partial charge in [0.25, 0.3) is 0 Å². The van der Waals surface area contributed by atoms with E-state index in [1.807, 2.05) is 27.7 Å². The van der Waals surface area contributed by atoms with Gasteiger partial charge in [-0.25, -0.2) is 0 Å². The monoisotopic (exact) mass is 255 g/mol. The minimum atomic E-state index is -0.456. The predicted molar refractivity (Wildman–Crippen MR) is 71.4 cm³/mol. The SMILES string of the molecule is COC(C)(C)C(=CC(=O)C(C)C)N1CCOCC1. The Bertz CT molecular complexity index is 315. The van der Waals surface area contributed by atoms with E-state index < -0.39 is 5.60 Å². The molecule has 0 aromatic heterocycles. The molecule has 0 aromatic rings. The fraction of sp³-hybridized carbons (Fsp3) is 0.786. The first kappa shape index (κ1) is 15.2. The number of methoxy groups -OCH3 is 1. The van der Waals surface area contributed by atoms with Gasteiger partial charge < -0.3 is 14.4 Å². The van der Waals surface area contributed by atoms with Gasteiger partial charge >= 0.3 is 0 Å². The van der Waals surface area contributed by atoms with Gasteiger partial charge in [0, 0.05) is 37.9 Å². The van der Waals surface area contributed by atoms with Crippen molar-refractivity contribution in [3.63, 3.8) is 0 Å². The second-order valence-corrected chi connectivity index (χ2v) is 5.40. The van der Waals surface area contributed by atoms with E-state index in [0.717, 1.165) is 18.8 Å². The maximum absolute atomic E-state index is 12.0. The van der Waals surface area contributed by atoms with Gasteiger partial charge in [0.05, 0.1) is 13.2 Å². The largest absolute Gasteiger partial charge is 0.378 e. The summed E-state index contributed by atoms with van der Waals surface area (Å²) in [5.41, 5.74) is 0.494. The van der Waals surface area contributed by atoms with Crippen LogP contribution in [0.3, 0.4) is 0 Å². The summed E-state index contributed by atoms with van der Waals surface area (Å²) < 4.78 is 10.9. The van der Waals surface area contributed by atoms with Crippen molar-refractivity contribution in [1.82, 2.24) is 4.90 Å². The average Bonchev–Trinajstić information content (AvgIpc) is 2.36. The van der Waals surface area contributed by atoms with Crippen LogP contribution in [-0.2, 0) is 14.3 Å². The molecular weight excluding hydrogens is 230 g/mol. The van der Waals surface area contributed by atoms with Gasteiger partial charge in [-0.15, -0.1) is 0 Å². The van der Waals surface area contributed by atoms with Crippen LogP contribution < -0.4 is 0 Å². The van der Waals surface area contributed by atoms with Crippen LogP contribution in [0.15, 0.2) is 11.8 Å². The second kappa shape index (κ2) is 6.34. The first-order chi connectivity index (χ1) is 8.38. The smallest absolute Gasteiger partial charge is 0.160 e. The predicted octanol–water partition coefficient (Wildman–Crippen LogP) is 1.85. The fourth-order valence-corrected chi connectivity index (χ4v) is 1.86. The van der Waals surface area contributed by atoms with Crippen LogP contribution in [0.2, 0.25) is 0 Å². The molecule has 104 valence electrons. The number of allylic oxidation sites excluding steroid dienone is 1. The molecule has 1 fully saturated rings. The molecule has 4 heteroatoms. The van der Waals surface area contributed by atoms with E-state index in [9.17, 15) is 4.79 Å². The van der Waals surface area contributed by atoms with E-state index >= 15 is 0 Å². The minimum Gasteiger partial charge on any atom is -0.378 e. The van der Waals surface area contributed by atoms with Crippen molar-refractivity contribution in [2.75, 3.05) is 33.4 Å². The average molecular weight is 255 g/mol. The Kier molecular flexibility index (Phi) is 5.35. The summed E-state index contributed by atoms with van der Waals surface area (Å²) in [6, 6.07) is 0. The standard InChI is InChI=1S/C14H25NO3/c1-11(2)12(16)10-13(14(3,4)17-5)15-6-8-18-9-7-15/h10-11H,6-9H2,1-5H3. The fourth-order valence-electron chi connectivity index (χ4n) is 1.86. The highest BCUT2D eigenvalue weighted by atomic mass is 16.5. The van der Waals surface area contributed by atoms with Crippen molar-refractivity contribution >= 4 is 5.78 Å². The number of hydrogen-bond donors (Lipinski definition) is 0. The number of rotatable bonds is 5. The van der Waals surface area contributed by atoms with Gasteiger partial charge in [-0.2, -0.15) is 0 Å². The van der Waals surface area contributed by atoms with Gasteiger partial charge in [0.2, 0.25) is 0 Å². The van der Waals surface area contributed by atoms with Gasteiger partial charge in [0.1, 0.15) is 5.60 Å². The summed E-state index contributed by atoms with van der Waals surface area (Å²) in [7, 11) is 1.67. The van der Waals surface area contributed by atoms with Crippen molar-refractivity contribution in [1.29, 1.82) is 0 Å². The maximum Gasteiger partial charge on any atom is 0.160 e. The zero-order chi connectivity index (χ0) is 13.8. The first-order valence-electron chi connectivity index (χ1n) is 6.52. The molecule has 0 amide bonds. The Labute approximate surface area is 110 Å². The van der Waals surface area contributed by atoms with E-state index in [2.05, 4.69) is 4.90 Å². The van der Waals surface area contributed by atoms with Crippen LogP contribution in [0.5, 0.6) is 0 Å². The number of carbonyl (C=O) groups is 1. The molecule has 1 aliphatic heterocycles. The van der Waals surface area contributed by atoms with Crippen molar-refractivity contribution in [2.24, 2.45) is 5.92 Å². The number of morpholine rings is 1. The lowest BCUT2D eigenvalue weighted by Crippen LogP contribution is -2.44. The first-order valence-corrected chi connectivity index (χ1v) is 6.52. The van der Waals surface area contributed by atoms with Gasteiger partial charge in [0.15, 0.2) is 5.78 Å².